The Morgan fingerprint density at radius 1 is 1.03 bits per heavy atom. The van der Waals surface area contributed by atoms with Crippen molar-refractivity contribution in [3.63, 3.8) is 0 Å². The number of nitrogens with zero attached hydrogens (tertiary/aromatic N) is 7. The Kier molecular flexibility index (Phi) is 4.10. The lowest BCUT2D eigenvalue weighted by Gasteiger charge is -2.21. The third kappa shape index (κ3) is 3.05. The lowest BCUT2D eigenvalue weighted by molar-refractivity contribution is 1.08. The highest BCUT2D eigenvalue weighted by atomic mass is 35.5. The summed E-state index contributed by atoms with van der Waals surface area (Å²) in [6.45, 7) is 1.92. The van der Waals surface area contributed by atoms with Crippen LogP contribution in [0.2, 0.25) is 5.02 Å². The minimum atomic E-state index is 0.516. The third-order valence-corrected chi connectivity index (χ3v) is 5.06. The topological polar surface area (TPSA) is 72.1 Å². The lowest BCUT2D eigenvalue weighted by atomic mass is 10.1. The zero-order chi connectivity index (χ0) is 20.0. The molecular formula is C21H16ClN7. The Morgan fingerprint density at radius 2 is 1.93 bits per heavy atom. The van der Waals surface area contributed by atoms with Crippen LogP contribution in [0.4, 0.5) is 11.5 Å². The molecule has 0 saturated heterocycles. The number of benzene rings is 2. The van der Waals surface area contributed by atoms with Gasteiger partial charge >= 0.3 is 0 Å². The van der Waals surface area contributed by atoms with Crippen molar-refractivity contribution in [1.29, 1.82) is 0 Å². The highest BCUT2D eigenvalue weighted by Gasteiger charge is 2.15. The number of hydrogen-bond acceptors (Lipinski definition) is 6. The van der Waals surface area contributed by atoms with Crippen molar-refractivity contribution in [2.75, 3.05) is 11.9 Å². The molecule has 2 aromatic carbocycles. The van der Waals surface area contributed by atoms with E-state index in [9.17, 15) is 0 Å². The van der Waals surface area contributed by atoms with E-state index in [1.165, 1.54) is 0 Å². The largest absolute Gasteiger partial charge is 0.329 e. The lowest BCUT2D eigenvalue weighted by Crippen LogP contribution is -2.13. The molecule has 5 rings (SSSR count). The van der Waals surface area contributed by atoms with Crippen molar-refractivity contribution < 1.29 is 0 Å². The van der Waals surface area contributed by atoms with Crippen molar-refractivity contribution in [3.8, 4) is 11.3 Å². The summed E-state index contributed by atoms with van der Waals surface area (Å²) in [5.74, 6) is 1.28. The molecule has 0 atom stereocenters. The molecule has 3 heterocycles. The Morgan fingerprint density at radius 3 is 2.76 bits per heavy atom. The molecule has 142 valence electrons. The Bertz CT molecular complexity index is 1340. The van der Waals surface area contributed by atoms with E-state index in [-0.39, 0.29) is 0 Å². The fourth-order valence-corrected chi connectivity index (χ4v) is 3.48. The van der Waals surface area contributed by atoms with E-state index < -0.39 is 0 Å². The average Bonchev–Trinajstić information content (AvgIpc) is 3.22. The highest BCUT2D eigenvalue weighted by molar-refractivity contribution is 6.31. The predicted octanol–water partition coefficient (Wildman–Crippen LogP) is 4.46. The predicted molar refractivity (Wildman–Crippen MR) is 114 cm³/mol. The fourth-order valence-electron chi connectivity index (χ4n) is 3.32. The summed E-state index contributed by atoms with van der Waals surface area (Å²) in [4.78, 5) is 15.6. The normalized spacial score (nSPS) is 11.3. The summed E-state index contributed by atoms with van der Waals surface area (Å²) in [5.41, 5.74) is 4.56. The number of aromatic nitrogens is 6. The second kappa shape index (κ2) is 6.79. The Labute approximate surface area is 171 Å². The van der Waals surface area contributed by atoms with Crippen LogP contribution in [0.15, 0.2) is 61.2 Å². The van der Waals surface area contributed by atoms with Crippen LogP contribution in [0.1, 0.15) is 5.69 Å². The molecule has 5 aromatic rings. The van der Waals surface area contributed by atoms with Crippen molar-refractivity contribution in [2.24, 2.45) is 0 Å². The molecule has 0 N–H and O–H groups in total. The smallest absolute Gasteiger partial charge is 0.257 e. The Balaban J connectivity index is 1.65. The number of halogens is 1. The first-order valence-electron chi connectivity index (χ1n) is 9.02. The van der Waals surface area contributed by atoms with Crippen LogP contribution in [-0.4, -0.2) is 36.6 Å². The zero-order valence-electron chi connectivity index (χ0n) is 15.8. The fraction of sp³-hybridized carbons (Fsp3) is 0.0952. The average molecular weight is 402 g/mol. The monoisotopic (exact) mass is 401 g/mol. The standard InChI is InChI=1S/C21H16ClN7/c1-13-10-24-18(11-23-13)14-4-3-5-16(8-14)28(2)20-17-7-6-15(22)9-19(17)29-12-25-27-21(29)26-20/h3-12H,1-2H3. The minimum absolute atomic E-state index is 0.516. The molecule has 0 amide bonds. The van der Waals surface area contributed by atoms with E-state index in [0.29, 0.717) is 10.8 Å². The van der Waals surface area contributed by atoms with Crippen LogP contribution in [0.5, 0.6) is 0 Å². The first-order chi connectivity index (χ1) is 14.1. The van der Waals surface area contributed by atoms with Gasteiger partial charge in [0.15, 0.2) is 0 Å². The van der Waals surface area contributed by atoms with Crippen LogP contribution < -0.4 is 4.90 Å². The molecule has 0 fully saturated rings. The van der Waals surface area contributed by atoms with Crippen molar-refractivity contribution >= 4 is 39.8 Å². The summed E-state index contributed by atoms with van der Waals surface area (Å²) in [7, 11) is 1.98. The second-order valence-electron chi connectivity index (χ2n) is 6.75. The number of hydrogen-bond donors (Lipinski definition) is 0. The van der Waals surface area contributed by atoms with E-state index in [0.717, 1.165) is 39.4 Å². The molecule has 3 aromatic heterocycles. The minimum Gasteiger partial charge on any atom is -0.329 e. The quantitative estimate of drug-likeness (QED) is 0.444. The first-order valence-corrected chi connectivity index (χ1v) is 9.40. The molecule has 0 aliphatic carbocycles. The van der Waals surface area contributed by atoms with Gasteiger partial charge in [-0.1, -0.05) is 23.7 Å². The summed E-state index contributed by atoms with van der Waals surface area (Å²) < 4.78 is 1.83. The van der Waals surface area contributed by atoms with E-state index >= 15 is 0 Å². The SMILES string of the molecule is Cc1cnc(-c2cccc(N(C)c3nc4nncn4c4cc(Cl)ccc34)c2)cn1. The number of rotatable bonds is 3. The van der Waals surface area contributed by atoms with Gasteiger partial charge in [0.25, 0.3) is 5.78 Å². The van der Waals surface area contributed by atoms with Gasteiger partial charge in [-0.2, -0.15) is 4.98 Å². The molecule has 0 unspecified atom stereocenters. The Hall–Kier alpha value is -3.58. The van der Waals surface area contributed by atoms with E-state index in [2.05, 4.69) is 26.2 Å². The maximum atomic E-state index is 6.23. The number of aryl methyl sites for hydroxylation is 1. The molecule has 0 saturated carbocycles. The third-order valence-electron chi connectivity index (χ3n) is 4.82. The molecule has 0 bridgehead atoms. The molecule has 29 heavy (non-hydrogen) atoms. The molecule has 0 spiro atoms. The molecular weight excluding hydrogens is 386 g/mol. The molecule has 8 heteroatoms. The molecule has 0 aliphatic heterocycles. The van der Waals surface area contributed by atoms with Crippen LogP contribution >= 0.6 is 11.6 Å². The van der Waals surface area contributed by atoms with Gasteiger partial charge in [-0.3, -0.25) is 14.4 Å². The summed E-state index contributed by atoms with van der Waals surface area (Å²) in [6.07, 6.45) is 5.19. The van der Waals surface area contributed by atoms with Crippen molar-refractivity contribution in [2.45, 2.75) is 6.92 Å². The van der Waals surface area contributed by atoms with Gasteiger partial charge in [0.1, 0.15) is 12.1 Å². The van der Waals surface area contributed by atoms with Gasteiger partial charge in [0.05, 0.1) is 23.1 Å². The second-order valence-corrected chi connectivity index (χ2v) is 7.19. The summed E-state index contributed by atoms with van der Waals surface area (Å²) >= 11 is 6.23. The van der Waals surface area contributed by atoms with E-state index in [1.807, 2.05) is 59.7 Å². The van der Waals surface area contributed by atoms with E-state index in [4.69, 9.17) is 16.6 Å². The van der Waals surface area contributed by atoms with Gasteiger partial charge < -0.3 is 4.90 Å². The first kappa shape index (κ1) is 17.5. The summed E-state index contributed by atoms with van der Waals surface area (Å²) in [5, 5.41) is 9.71. The van der Waals surface area contributed by atoms with Gasteiger partial charge in [-0.25, -0.2) is 0 Å². The molecule has 0 aliphatic rings. The van der Waals surface area contributed by atoms with Crippen LogP contribution in [-0.2, 0) is 0 Å². The van der Waals surface area contributed by atoms with Gasteiger partial charge in [0, 0.05) is 34.9 Å². The van der Waals surface area contributed by atoms with Crippen LogP contribution in [0.3, 0.4) is 0 Å². The zero-order valence-corrected chi connectivity index (χ0v) is 16.5. The van der Waals surface area contributed by atoms with Gasteiger partial charge in [0.2, 0.25) is 0 Å². The van der Waals surface area contributed by atoms with E-state index in [1.54, 1.807) is 18.7 Å². The van der Waals surface area contributed by atoms with Gasteiger partial charge in [-0.15, -0.1) is 10.2 Å². The maximum Gasteiger partial charge on any atom is 0.257 e. The van der Waals surface area contributed by atoms with Crippen LogP contribution in [0.25, 0.3) is 27.9 Å². The van der Waals surface area contributed by atoms with Gasteiger partial charge in [-0.05, 0) is 37.3 Å². The maximum absolute atomic E-state index is 6.23. The molecule has 0 radical (unpaired) electrons. The number of anilines is 2. The van der Waals surface area contributed by atoms with Crippen LogP contribution in [0, 0.1) is 6.92 Å². The van der Waals surface area contributed by atoms with Crippen molar-refractivity contribution in [3.05, 3.63) is 71.9 Å². The number of fused-ring (bicyclic) bond motifs is 3. The molecule has 7 nitrogen and oxygen atoms in total. The van der Waals surface area contributed by atoms with Crippen molar-refractivity contribution in [1.82, 2.24) is 29.5 Å². The summed E-state index contributed by atoms with van der Waals surface area (Å²) in [6, 6.07) is 13.8. The highest BCUT2D eigenvalue weighted by Crippen LogP contribution is 2.32.